The van der Waals surface area contributed by atoms with Crippen molar-refractivity contribution in [3.05, 3.63) is 83.9 Å². The molecule has 142 valence electrons. The van der Waals surface area contributed by atoms with Crippen LogP contribution in [-0.4, -0.2) is 19.1 Å². The number of anilines is 1. The van der Waals surface area contributed by atoms with Gasteiger partial charge in [0.1, 0.15) is 24.9 Å². The zero-order chi connectivity index (χ0) is 20.1. The van der Waals surface area contributed by atoms with Crippen LogP contribution in [0.2, 0.25) is 0 Å². The van der Waals surface area contributed by atoms with Gasteiger partial charge in [-0.2, -0.15) is 5.26 Å². The molecule has 0 spiro atoms. The number of nitrogens with zero attached hydrogens (tertiary/aromatic N) is 1. The lowest BCUT2D eigenvalue weighted by molar-refractivity contribution is -0.112. The molecule has 0 bridgehead atoms. The second kappa shape index (κ2) is 8.32. The smallest absolute Gasteiger partial charge is 0.266 e. The molecule has 0 saturated heterocycles. The Morgan fingerprint density at radius 3 is 2.31 bits per heavy atom. The third kappa shape index (κ3) is 4.28. The monoisotopic (exact) mass is 382 g/mol. The molecule has 0 unspecified atom stereocenters. The Bertz CT molecular complexity index is 1100. The molecule has 5 heteroatoms. The molecule has 1 amide bonds. The lowest BCUT2D eigenvalue weighted by Gasteiger charge is -2.18. The Balaban J connectivity index is 1.50. The highest BCUT2D eigenvalue weighted by atomic mass is 16.6. The van der Waals surface area contributed by atoms with Crippen LogP contribution in [0.1, 0.15) is 5.56 Å². The Labute approximate surface area is 168 Å². The topological polar surface area (TPSA) is 71.4 Å². The number of benzene rings is 3. The van der Waals surface area contributed by atoms with E-state index in [0.717, 1.165) is 16.7 Å². The molecule has 5 nitrogen and oxygen atoms in total. The molecule has 0 fully saturated rings. The number of rotatable bonds is 4. The first-order chi connectivity index (χ1) is 14.2. The fraction of sp³-hybridized carbons (Fsp3) is 0.0833. The van der Waals surface area contributed by atoms with E-state index < -0.39 is 5.91 Å². The summed E-state index contributed by atoms with van der Waals surface area (Å²) < 4.78 is 11.0. The third-order valence-corrected chi connectivity index (χ3v) is 4.49. The van der Waals surface area contributed by atoms with Gasteiger partial charge in [0.25, 0.3) is 5.91 Å². The van der Waals surface area contributed by atoms with E-state index in [1.54, 1.807) is 24.3 Å². The SMILES string of the molecule is N#C/C(=C\c1ccc(-c2ccccc2)cc1)C(=O)Nc1ccc2c(c1)OCCO2. The van der Waals surface area contributed by atoms with E-state index in [2.05, 4.69) is 5.32 Å². The van der Waals surface area contributed by atoms with E-state index in [0.29, 0.717) is 30.4 Å². The number of carbonyl (C=O) groups is 1. The number of hydrogen-bond acceptors (Lipinski definition) is 4. The molecule has 0 aromatic heterocycles. The lowest BCUT2D eigenvalue weighted by Crippen LogP contribution is -2.17. The van der Waals surface area contributed by atoms with Crippen molar-refractivity contribution >= 4 is 17.7 Å². The van der Waals surface area contributed by atoms with Gasteiger partial charge in [-0.3, -0.25) is 4.79 Å². The number of nitrogens with one attached hydrogen (secondary N) is 1. The van der Waals surface area contributed by atoms with Gasteiger partial charge in [0, 0.05) is 11.8 Å². The molecule has 0 aliphatic carbocycles. The Hall–Kier alpha value is -4.04. The number of fused-ring (bicyclic) bond motifs is 1. The number of ether oxygens (including phenoxy) is 2. The predicted molar refractivity (Wildman–Crippen MR) is 112 cm³/mol. The maximum atomic E-state index is 12.5. The van der Waals surface area contributed by atoms with Gasteiger partial charge >= 0.3 is 0 Å². The molecule has 1 heterocycles. The second-order valence-electron chi connectivity index (χ2n) is 6.47. The van der Waals surface area contributed by atoms with Crippen molar-refractivity contribution in [1.29, 1.82) is 5.26 Å². The largest absolute Gasteiger partial charge is 0.486 e. The molecule has 0 atom stereocenters. The van der Waals surface area contributed by atoms with E-state index >= 15 is 0 Å². The fourth-order valence-corrected chi connectivity index (χ4v) is 3.04. The molecule has 29 heavy (non-hydrogen) atoms. The molecule has 0 radical (unpaired) electrons. The first kappa shape index (κ1) is 18.3. The highest BCUT2D eigenvalue weighted by molar-refractivity contribution is 6.09. The van der Waals surface area contributed by atoms with Crippen LogP contribution in [0.3, 0.4) is 0 Å². The Morgan fingerprint density at radius 2 is 1.59 bits per heavy atom. The van der Waals surface area contributed by atoms with Crippen molar-refractivity contribution in [2.75, 3.05) is 18.5 Å². The molecular weight excluding hydrogens is 364 g/mol. The van der Waals surface area contributed by atoms with E-state index in [1.165, 1.54) is 0 Å². The van der Waals surface area contributed by atoms with Gasteiger partial charge in [-0.15, -0.1) is 0 Å². The van der Waals surface area contributed by atoms with Crippen LogP contribution in [0.4, 0.5) is 5.69 Å². The quantitative estimate of drug-likeness (QED) is 0.526. The first-order valence-corrected chi connectivity index (χ1v) is 9.21. The van der Waals surface area contributed by atoms with E-state index in [9.17, 15) is 10.1 Å². The van der Waals surface area contributed by atoms with Crippen molar-refractivity contribution in [3.63, 3.8) is 0 Å². The average Bonchev–Trinajstić information content (AvgIpc) is 2.78. The zero-order valence-electron chi connectivity index (χ0n) is 15.6. The minimum absolute atomic E-state index is 0.0207. The lowest BCUT2D eigenvalue weighted by atomic mass is 10.0. The normalized spacial score (nSPS) is 12.7. The predicted octanol–water partition coefficient (Wildman–Crippen LogP) is 4.67. The highest BCUT2D eigenvalue weighted by Crippen LogP contribution is 2.32. The van der Waals surface area contributed by atoms with Gasteiger partial charge in [-0.25, -0.2) is 0 Å². The van der Waals surface area contributed by atoms with Gasteiger partial charge in [0.15, 0.2) is 11.5 Å². The number of nitriles is 1. The summed E-state index contributed by atoms with van der Waals surface area (Å²) in [6, 6.07) is 24.8. The summed E-state index contributed by atoms with van der Waals surface area (Å²) in [4.78, 5) is 12.5. The molecule has 1 N–H and O–H groups in total. The van der Waals surface area contributed by atoms with Crippen LogP contribution in [-0.2, 0) is 4.79 Å². The van der Waals surface area contributed by atoms with Crippen molar-refractivity contribution in [2.24, 2.45) is 0 Å². The van der Waals surface area contributed by atoms with Crippen LogP contribution in [0, 0.1) is 11.3 Å². The molecule has 4 rings (SSSR count). The van der Waals surface area contributed by atoms with E-state index in [4.69, 9.17) is 9.47 Å². The third-order valence-electron chi connectivity index (χ3n) is 4.49. The van der Waals surface area contributed by atoms with E-state index in [-0.39, 0.29) is 5.57 Å². The highest BCUT2D eigenvalue weighted by Gasteiger charge is 2.14. The van der Waals surface area contributed by atoms with Crippen LogP contribution >= 0.6 is 0 Å². The van der Waals surface area contributed by atoms with Crippen molar-refractivity contribution < 1.29 is 14.3 Å². The maximum absolute atomic E-state index is 12.5. The van der Waals surface area contributed by atoms with Crippen molar-refractivity contribution in [3.8, 4) is 28.7 Å². The summed E-state index contributed by atoms with van der Waals surface area (Å²) >= 11 is 0. The summed E-state index contributed by atoms with van der Waals surface area (Å²) in [6.45, 7) is 0.968. The van der Waals surface area contributed by atoms with Gasteiger partial charge < -0.3 is 14.8 Å². The van der Waals surface area contributed by atoms with E-state index in [1.807, 2.05) is 60.7 Å². The van der Waals surface area contributed by atoms with Crippen LogP contribution in [0.25, 0.3) is 17.2 Å². The minimum Gasteiger partial charge on any atom is -0.486 e. The summed E-state index contributed by atoms with van der Waals surface area (Å²) in [7, 11) is 0. The van der Waals surface area contributed by atoms with Gasteiger partial charge in [0.05, 0.1) is 0 Å². The second-order valence-corrected chi connectivity index (χ2v) is 6.47. The van der Waals surface area contributed by atoms with Gasteiger partial charge in [0.2, 0.25) is 0 Å². The molecule has 3 aromatic carbocycles. The maximum Gasteiger partial charge on any atom is 0.266 e. The Kier molecular flexibility index (Phi) is 5.26. The molecule has 1 aliphatic heterocycles. The van der Waals surface area contributed by atoms with Gasteiger partial charge in [-0.05, 0) is 34.9 Å². The molecular formula is C24H18N2O3. The molecule has 1 aliphatic rings. The molecule has 0 saturated carbocycles. The number of amides is 1. The summed E-state index contributed by atoms with van der Waals surface area (Å²) in [5.74, 6) is 0.744. The summed E-state index contributed by atoms with van der Waals surface area (Å²) in [5, 5.41) is 12.2. The molecule has 3 aromatic rings. The minimum atomic E-state index is -0.476. The van der Waals surface area contributed by atoms with Crippen molar-refractivity contribution in [1.82, 2.24) is 0 Å². The van der Waals surface area contributed by atoms with Crippen LogP contribution in [0.5, 0.6) is 11.5 Å². The number of hydrogen-bond donors (Lipinski definition) is 1. The number of carbonyl (C=O) groups excluding carboxylic acids is 1. The van der Waals surface area contributed by atoms with Gasteiger partial charge in [-0.1, -0.05) is 54.6 Å². The van der Waals surface area contributed by atoms with Crippen LogP contribution in [0.15, 0.2) is 78.4 Å². The fourth-order valence-electron chi connectivity index (χ4n) is 3.04. The zero-order valence-corrected chi connectivity index (χ0v) is 15.6. The summed E-state index contributed by atoms with van der Waals surface area (Å²) in [5.41, 5.74) is 3.52. The van der Waals surface area contributed by atoms with Crippen molar-refractivity contribution in [2.45, 2.75) is 0 Å². The van der Waals surface area contributed by atoms with Crippen LogP contribution < -0.4 is 14.8 Å². The first-order valence-electron chi connectivity index (χ1n) is 9.21. The summed E-state index contributed by atoms with van der Waals surface area (Å²) in [6.07, 6.45) is 1.57. The average molecular weight is 382 g/mol. The Morgan fingerprint density at radius 1 is 0.897 bits per heavy atom. The standard InChI is InChI=1S/C24H18N2O3/c25-16-20(14-17-6-8-19(9-7-17)18-4-2-1-3-5-18)24(27)26-21-10-11-22-23(15-21)29-13-12-28-22/h1-11,14-15H,12-13H2,(H,26,27)/b20-14+.